The van der Waals surface area contributed by atoms with Crippen LogP contribution in [0.5, 0.6) is 0 Å². The molecule has 2 heterocycles. The zero-order valence-corrected chi connectivity index (χ0v) is 14.5. The molecule has 1 N–H and O–H groups in total. The Balaban J connectivity index is 1.56. The number of nitrogens with one attached hydrogen (secondary N) is 1. The number of carbonyl (C=O) groups is 2. The molecular formula is C19H18FN5O2. The van der Waals surface area contributed by atoms with Crippen LogP contribution >= 0.6 is 0 Å². The van der Waals surface area contributed by atoms with E-state index in [1.54, 1.807) is 6.07 Å². The van der Waals surface area contributed by atoms with Gasteiger partial charge in [-0.2, -0.15) is 5.10 Å². The summed E-state index contributed by atoms with van der Waals surface area (Å²) in [7, 11) is 0. The van der Waals surface area contributed by atoms with Crippen molar-refractivity contribution in [2.24, 2.45) is 5.92 Å². The summed E-state index contributed by atoms with van der Waals surface area (Å²) in [4.78, 5) is 30.8. The third-order valence-corrected chi connectivity index (χ3v) is 4.96. The number of nitrogens with zero attached hydrogens (tertiary/aromatic N) is 4. The van der Waals surface area contributed by atoms with E-state index in [0.29, 0.717) is 5.52 Å². The normalized spacial score (nSPS) is 19.7. The Morgan fingerprint density at radius 3 is 2.74 bits per heavy atom. The first-order chi connectivity index (χ1) is 13.1. The van der Waals surface area contributed by atoms with Crippen LogP contribution in [0.25, 0.3) is 10.9 Å². The summed E-state index contributed by atoms with van der Waals surface area (Å²) in [6.07, 6.45) is 10.5. The molecule has 138 valence electrons. The second kappa shape index (κ2) is 7.22. The summed E-state index contributed by atoms with van der Waals surface area (Å²) < 4.78 is 16.3. The Labute approximate surface area is 154 Å². The van der Waals surface area contributed by atoms with Crippen LogP contribution in [-0.2, 0) is 4.79 Å². The van der Waals surface area contributed by atoms with Crippen molar-refractivity contribution in [3.05, 3.63) is 48.4 Å². The Bertz CT molecular complexity index is 980. The molecule has 0 spiro atoms. The molecule has 1 aromatic carbocycles. The number of hydrogen-bond donors (Lipinski definition) is 1. The van der Waals surface area contributed by atoms with Crippen LogP contribution in [-0.4, -0.2) is 31.9 Å². The molecule has 0 atom stereocenters. The number of fused-ring (bicyclic) bond motifs is 1. The Hall–Kier alpha value is -3.16. The van der Waals surface area contributed by atoms with Crippen molar-refractivity contribution in [1.82, 2.24) is 19.7 Å². The summed E-state index contributed by atoms with van der Waals surface area (Å²) >= 11 is 0. The van der Waals surface area contributed by atoms with Crippen LogP contribution < -0.4 is 5.32 Å². The molecule has 1 aliphatic rings. The van der Waals surface area contributed by atoms with Crippen LogP contribution in [0.2, 0.25) is 0 Å². The third kappa shape index (κ3) is 3.55. The minimum Gasteiger partial charge on any atom is -0.318 e. The van der Waals surface area contributed by atoms with E-state index in [9.17, 15) is 14.0 Å². The maximum absolute atomic E-state index is 14.4. The van der Waals surface area contributed by atoms with Crippen LogP contribution in [0.4, 0.5) is 10.1 Å². The van der Waals surface area contributed by atoms with Crippen molar-refractivity contribution >= 4 is 28.8 Å². The number of hydrogen-bond acceptors (Lipinski definition) is 5. The predicted octanol–water partition coefficient (Wildman–Crippen LogP) is 3.15. The molecule has 4 rings (SSSR count). The maximum atomic E-state index is 14.4. The molecule has 27 heavy (non-hydrogen) atoms. The average molecular weight is 367 g/mol. The summed E-state index contributed by atoms with van der Waals surface area (Å²) in [6.45, 7) is 0. The van der Waals surface area contributed by atoms with Crippen molar-refractivity contribution in [1.29, 1.82) is 0 Å². The zero-order valence-electron chi connectivity index (χ0n) is 14.5. The largest absolute Gasteiger partial charge is 0.318 e. The van der Waals surface area contributed by atoms with Gasteiger partial charge in [-0.25, -0.2) is 9.37 Å². The van der Waals surface area contributed by atoms with E-state index < -0.39 is 11.7 Å². The number of halogens is 1. The molecule has 3 aromatic rings. The first-order valence-electron chi connectivity index (χ1n) is 8.85. The number of amides is 1. The van der Waals surface area contributed by atoms with Crippen molar-refractivity contribution < 1.29 is 14.0 Å². The molecule has 1 fully saturated rings. The Kier molecular flexibility index (Phi) is 4.62. The van der Waals surface area contributed by atoms with Gasteiger partial charge in [0.05, 0.1) is 23.4 Å². The second-order valence-electron chi connectivity index (χ2n) is 6.75. The van der Waals surface area contributed by atoms with E-state index in [2.05, 4.69) is 20.4 Å². The van der Waals surface area contributed by atoms with Gasteiger partial charge in [-0.05, 0) is 31.7 Å². The highest BCUT2D eigenvalue weighted by molar-refractivity contribution is 6.03. The summed E-state index contributed by atoms with van der Waals surface area (Å²) in [5, 5.41) is 7.75. The maximum Gasteiger partial charge on any atom is 0.275 e. The Morgan fingerprint density at radius 1 is 1.22 bits per heavy atom. The van der Waals surface area contributed by atoms with Crippen LogP contribution in [0.1, 0.15) is 42.2 Å². The van der Waals surface area contributed by atoms with Gasteiger partial charge in [0.15, 0.2) is 0 Å². The van der Waals surface area contributed by atoms with Crippen LogP contribution in [0, 0.1) is 11.7 Å². The molecule has 8 heteroatoms. The fourth-order valence-electron chi connectivity index (χ4n) is 3.45. The zero-order chi connectivity index (χ0) is 18.8. The van der Waals surface area contributed by atoms with Gasteiger partial charge in [0.25, 0.3) is 5.91 Å². The highest BCUT2D eigenvalue weighted by atomic mass is 19.1. The summed E-state index contributed by atoms with van der Waals surface area (Å²) in [6, 6.07) is 3.09. The number of benzene rings is 1. The van der Waals surface area contributed by atoms with Crippen molar-refractivity contribution in [3.63, 3.8) is 0 Å². The number of rotatable bonds is 4. The van der Waals surface area contributed by atoms with E-state index in [0.717, 1.165) is 37.4 Å². The third-order valence-electron chi connectivity index (χ3n) is 4.96. The van der Waals surface area contributed by atoms with Crippen LogP contribution in [0.15, 0.2) is 36.9 Å². The van der Waals surface area contributed by atoms with Gasteiger partial charge < -0.3 is 10.1 Å². The van der Waals surface area contributed by atoms with E-state index in [1.807, 2.05) is 10.9 Å². The van der Waals surface area contributed by atoms with Gasteiger partial charge >= 0.3 is 0 Å². The number of carbonyl (C=O) groups excluding carboxylic acids is 2. The van der Waals surface area contributed by atoms with E-state index in [-0.39, 0.29) is 23.3 Å². The van der Waals surface area contributed by atoms with Gasteiger partial charge in [0.2, 0.25) is 0 Å². The van der Waals surface area contributed by atoms with Crippen molar-refractivity contribution in [2.75, 3.05) is 5.32 Å². The first kappa shape index (κ1) is 17.3. The van der Waals surface area contributed by atoms with Crippen molar-refractivity contribution in [3.8, 4) is 0 Å². The standard InChI is InChI=1S/C19H18FN5O2/c20-15-8-16-13(7-17(15)23-19(27)18-9-21-5-6-22-18)10-25(24-16)14-3-1-12(11-26)2-4-14/h5-12,14H,1-4H2,(H,23,27)/t12-,14-. The van der Waals surface area contributed by atoms with E-state index >= 15 is 0 Å². The van der Waals surface area contributed by atoms with Gasteiger partial charge in [-0.1, -0.05) is 0 Å². The molecule has 0 radical (unpaired) electrons. The molecule has 1 amide bonds. The minimum absolute atomic E-state index is 0.0716. The smallest absolute Gasteiger partial charge is 0.275 e. The number of anilines is 1. The fourth-order valence-corrected chi connectivity index (χ4v) is 3.45. The lowest BCUT2D eigenvalue weighted by Crippen LogP contribution is -2.19. The van der Waals surface area contributed by atoms with Gasteiger partial charge in [0, 0.05) is 36.0 Å². The van der Waals surface area contributed by atoms with Gasteiger partial charge in [-0.15, -0.1) is 0 Å². The topological polar surface area (TPSA) is 89.8 Å². The first-order valence-corrected chi connectivity index (χ1v) is 8.85. The van der Waals surface area contributed by atoms with E-state index in [1.165, 1.54) is 24.7 Å². The molecular weight excluding hydrogens is 349 g/mol. The Morgan fingerprint density at radius 2 is 2.04 bits per heavy atom. The van der Waals surface area contributed by atoms with Crippen molar-refractivity contribution in [2.45, 2.75) is 31.7 Å². The van der Waals surface area contributed by atoms with Gasteiger partial charge in [-0.3, -0.25) is 14.5 Å². The SMILES string of the molecule is O=C[C@H]1CC[C@H](n2cc3cc(NC(=O)c4cnccn4)c(F)cc3n2)CC1. The molecule has 0 unspecified atom stereocenters. The lowest BCUT2D eigenvalue weighted by atomic mass is 9.87. The highest BCUT2D eigenvalue weighted by Gasteiger charge is 2.23. The number of aromatic nitrogens is 4. The quantitative estimate of drug-likeness (QED) is 0.716. The predicted molar refractivity (Wildman–Crippen MR) is 96.7 cm³/mol. The second-order valence-corrected chi connectivity index (χ2v) is 6.75. The summed E-state index contributed by atoms with van der Waals surface area (Å²) in [5.74, 6) is -0.956. The molecule has 0 bridgehead atoms. The molecule has 0 saturated heterocycles. The van der Waals surface area contributed by atoms with Crippen LogP contribution in [0.3, 0.4) is 0 Å². The number of aldehydes is 1. The molecule has 2 aromatic heterocycles. The van der Waals surface area contributed by atoms with E-state index in [4.69, 9.17) is 0 Å². The highest BCUT2D eigenvalue weighted by Crippen LogP contribution is 2.32. The lowest BCUT2D eigenvalue weighted by Gasteiger charge is -2.25. The molecule has 1 aliphatic carbocycles. The molecule has 0 aliphatic heterocycles. The summed E-state index contributed by atoms with van der Waals surface area (Å²) in [5.41, 5.74) is 0.713. The molecule has 7 nitrogen and oxygen atoms in total. The van der Waals surface area contributed by atoms with Gasteiger partial charge in [0.1, 0.15) is 17.8 Å². The molecule has 1 saturated carbocycles. The average Bonchev–Trinajstić information content (AvgIpc) is 3.11. The monoisotopic (exact) mass is 367 g/mol. The fraction of sp³-hybridized carbons (Fsp3) is 0.316. The lowest BCUT2D eigenvalue weighted by molar-refractivity contribution is -0.112. The minimum atomic E-state index is -0.561.